The molecule has 0 aromatic heterocycles. The minimum absolute atomic E-state index is 0.000000000000000222. The molecule has 0 bridgehead atoms. The minimum atomic E-state index is -0.931. The van der Waals surface area contributed by atoms with E-state index in [4.69, 9.17) is 10.8 Å². The van der Waals surface area contributed by atoms with Crippen LogP contribution >= 0.6 is 12.2 Å². The van der Waals surface area contributed by atoms with E-state index >= 15 is 0 Å². The fraction of sp³-hybridized carbons (Fsp3) is 0.667. The molecular weight excluding hydrogens is 178 g/mol. The summed E-state index contributed by atoms with van der Waals surface area (Å²) >= 11 is 4.09. The van der Waals surface area contributed by atoms with Crippen LogP contribution in [-0.4, -0.2) is 22.2 Å². The molecular formula is C6H15N3O2S. The first kappa shape index (κ1) is 13.7. The van der Waals surface area contributed by atoms with E-state index in [2.05, 4.69) is 23.7 Å². The third-order valence-electron chi connectivity index (χ3n) is 1.00. The van der Waals surface area contributed by atoms with Gasteiger partial charge in [-0.1, -0.05) is 13.8 Å². The number of nitrogens with two attached hydrogens (primary N) is 3. The summed E-state index contributed by atoms with van der Waals surface area (Å²) in [7, 11) is 0. The Bertz CT molecular complexity index is 157. The largest absolute Gasteiger partial charge is 0.480 e. The van der Waals surface area contributed by atoms with E-state index in [1.807, 2.05) is 0 Å². The average molecular weight is 193 g/mol. The van der Waals surface area contributed by atoms with Gasteiger partial charge in [0.05, 0.1) is 0 Å². The van der Waals surface area contributed by atoms with Crippen LogP contribution in [0.2, 0.25) is 0 Å². The zero-order chi connectivity index (χ0) is 10.3. The molecule has 0 amide bonds. The SMILES string of the molecule is CC(C)[C@H](N)C(=O)O.NC(N)=S. The molecule has 0 saturated heterocycles. The molecule has 0 radical (unpaired) electrons. The van der Waals surface area contributed by atoms with Crippen molar-refractivity contribution in [3.8, 4) is 0 Å². The minimum Gasteiger partial charge on any atom is -0.480 e. The van der Waals surface area contributed by atoms with Gasteiger partial charge < -0.3 is 22.3 Å². The summed E-state index contributed by atoms with van der Waals surface area (Å²) in [5.41, 5.74) is 14.4. The van der Waals surface area contributed by atoms with Crippen LogP contribution in [0.5, 0.6) is 0 Å². The molecule has 12 heavy (non-hydrogen) atoms. The van der Waals surface area contributed by atoms with Crippen LogP contribution in [0.15, 0.2) is 0 Å². The second-order valence-electron chi connectivity index (χ2n) is 2.51. The molecule has 0 aliphatic heterocycles. The Morgan fingerprint density at radius 1 is 1.42 bits per heavy atom. The van der Waals surface area contributed by atoms with Gasteiger partial charge >= 0.3 is 5.97 Å². The maximum atomic E-state index is 10.0. The predicted molar refractivity (Wildman–Crippen MR) is 51.4 cm³/mol. The molecule has 0 fully saturated rings. The van der Waals surface area contributed by atoms with Gasteiger partial charge in [-0.3, -0.25) is 4.79 Å². The van der Waals surface area contributed by atoms with E-state index in [9.17, 15) is 4.79 Å². The standard InChI is InChI=1S/C5H11NO2.CH4N2S/c1-3(2)4(6)5(7)8;2-1(3)4/h3-4H,6H2,1-2H3,(H,7,8);(H4,2,3,4)/t4-;/m0./s1. The monoisotopic (exact) mass is 193 g/mol. The molecule has 0 unspecified atom stereocenters. The van der Waals surface area contributed by atoms with Crippen molar-refractivity contribution < 1.29 is 9.90 Å². The fourth-order valence-electron chi connectivity index (χ4n) is 0.285. The number of hydrogen-bond acceptors (Lipinski definition) is 3. The first-order valence-corrected chi connectivity index (χ1v) is 3.73. The van der Waals surface area contributed by atoms with Gasteiger partial charge in [-0.25, -0.2) is 0 Å². The van der Waals surface area contributed by atoms with Gasteiger partial charge in [-0.05, 0) is 18.1 Å². The smallest absolute Gasteiger partial charge is 0.320 e. The van der Waals surface area contributed by atoms with E-state index in [1.165, 1.54) is 0 Å². The maximum Gasteiger partial charge on any atom is 0.320 e. The predicted octanol–water partition coefficient (Wildman–Crippen LogP) is -0.757. The maximum absolute atomic E-state index is 10.0. The number of thiocarbonyl (C=S) groups is 1. The van der Waals surface area contributed by atoms with Gasteiger partial charge in [0.2, 0.25) is 0 Å². The van der Waals surface area contributed by atoms with Crippen molar-refractivity contribution in [2.45, 2.75) is 19.9 Å². The van der Waals surface area contributed by atoms with Crippen LogP contribution in [0.1, 0.15) is 13.8 Å². The lowest BCUT2D eigenvalue weighted by Gasteiger charge is -2.07. The number of carboxylic acid groups (broad SMARTS) is 1. The first-order valence-electron chi connectivity index (χ1n) is 3.32. The molecule has 6 heteroatoms. The van der Waals surface area contributed by atoms with Crippen LogP contribution in [0.25, 0.3) is 0 Å². The van der Waals surface area contributed by atoms with E-state index in [1.54, 1.807) is 13.8 Å². The Morgan fingerprint density at radius 3 is 1.67 bits per heavy atom. The molecule has 0 aliphatic rings. The molecule has 0 heterocycles. The van der Waals surface area contributed by atoms with E-state index in [-0.39, 0.29) is 11.0 Å². The highest BCUT2D eigenvalue weighted by Crippen LogP contribution is 1.96. The zero-order valence-electron chi connectivity index (χ0n) is 7.15. The van der Waals surface area contributed by atoms with Gasteiger partial charge in [-0.15, -0.1) is 0 Å². The lowest BCUT2D eigenvalue weighted by molar-refractivity contribution is -0.139. The Labute approximate surface area is 76.9 Å². The van der Waals surface area contributed by atoms with Crippen LogP contribution in [0.4, 0.5) is 0 Å². The van der Waals surface area contributed by atoms with Gasteiger partial charge in [0.15, 0.2) is 5.11 Å². The Balaban J connectivity index is 0. The second-order valence-corrected chi connectivity index (χ2v) is 2.98. The van der Waals surface area contributed by atoms with Crippen LogP contribution in [0, 0.1) is 5.92 Å². The highest BCUT2D eigenvalue weighted by molar-refractivity contribution is 7.80. The van der Waals surface area contributed by atoms with Crippen LogP contribution in [-0.2, 0) is 4.79 Å². The van der Waals surface area contributed by atoms with Crippen molar-refractivity contribution in [2.75, 3.05) is 0 Å². The van der Waals surface area contributed by atoms with Crippen molar-refractivity contribution in [1.82, 2.24) is 0 Å². The summed E-state index contributed by atoms with van der Waals surface area (Å²) in [5, 5.41) is 8.23. The van der Waals surface area contributed by atoms with Crippen LogP contribution in [0.3, 0.4) is 0 Å². The molecule has 1 atom stereocenters. The number of aliphatic carboxylic acids is 1. The van der Waals surface area contributed by atoms with Crippen molar-refractivity contribution in [1.29, 1.82) is 0 Å². The van der Waals surface area contributed by atoms with Crippen molar-refractivity contribution in [2.24, 2.45) is 23.1 Å². The summed E-state index contributed by atoms with van der Waals surface area (Å²) < 4.78 is 0. The van der Waals surface area contributed by atoms with Gasteiger partial charge in [0.25, 0.3) is 0 Å². The topological polar surface area (TPSA) is 115 Å². The summed E-state index contributed by atoms with van der Waals surface area (Å²) in [4.78, 5) is 10.0. The molecule has 0 rings (SSSR count). The lowest BCUT2D eigenvalue weighted by atomic mass is 10.1. The summed E-state index contributed by atoms with van der Waals surface area (Å²) in [6.45, 7) is 3.55. The molecule has 0 aromatic carbocycles. The average Bonchev–Trinajstić information content (AvgIpc) is 1.84. The molecule has 72 valence electrons. The molecule has 0 aliphatic carbocycles. The van der Waals surface area contributed by atoms with E-state index in [0.29, 0.717) is 0 Å². The van der Waals surface area contributed by atoms with E-state index in [0.717, 1.165) is 0 Å². The summed E-state index contributed by atoms with van der Waals surface area (Å²) in [5.74, 6) is -0.910. The third kappa shape index (κ3) is 11.9. The molecule has 0 aromatic rings. The Hall–Kier alpha value is -0.880. The Morgan fingerprint density at radius 2 is 1.67 bits per heavy atom. The normalized spacial score (nSPS) is 11.3. The molecule has 7 N–H and O–H groups in total. The highest BCUT2D eigenvalue weighted by Gasteiger charge is 2.14. The van der Waals surface area contributed by atoms with E-state index < -0.39 is 12.0 Å². The van der Waals surface area contributed by atoms with Gasteiger partial charge in [0.1, 0.15) is 6.04 Å². The molecule has 0 saturated carbocycles. The molecule has 5 nitrogen and oxygen atoms in total. The van der Waals surface area contributed by atoms with Crippen LogP contribution < -0.4 is 17.2 Å². The highest BCUT2D eigenvalue weighted by atomic mass is 32.1. The molecule has 0 spiro atoms. The second kappa shape index (κ2) is 6.81. The number of carboxylic acids is 1. The van der Waals surface area contributed by atoms with Crippen molar-refractivity contribution >= 4 is 23.3 Å². The van der Waals surface area contributed by atoms with Crippen molar-refractivity contribution in [3.63, 3.8) is 0 Å². The quantitative estimate of drug-likeness (QED) is 0.429. The summed E-state index contributed by atoms with van der Waals surface area (Å²) in [6, 6.07) is -0.713. The summed E-state index contributed by atoms with van der Waals surface area (Å²) in [6.07, 6.45) is 0. The van der Waals surface area contributed by atoms with Gasteiger partial charge in [0, 0.05) is 0 Å². The zero-order valence-corrected chi connectivity index (χ0v) is 7.97. The Kier molecular flexibility index (Phi) is 7.77. The number of hydrogen-bond donors (Lipinski definition) is 4. The number of carbonyl (C=O) groups is 1. The number of rotatable bonds is 2. The third-order valence-corrected chi connectivity index (χ3v) is 1.00. The van der Waals surface area contributed by atoms with Gasteiger partial charge in [-0.2, -0.15) is 0 Å². The van der Waals surface area contributed by atoms with Crippen molar-refractivity contribution in [3.05, 3.63) is 0 Å². The first-order chi connectivity index (χ1) is 5.29. The fourth-order valence-corrected chi connectivity index (χ4v) is 0.285. The lowest BCUT2D eigenvalue weighted by Crippen LogP contribution is -2.34.